The van der Waals surface area contributed by atoms with Gasteiger partial charge in [-0.1, -0.05) is 12.1 Å². The lowest BCUT2D eigenvalue weighted by Gasteiger charge is -2.15. The van der Waals surface area contributed by atoms with E-state index < -0.39 is 0 Å². The van der Waals surface area contributed by atoms with Crippen molar-refractivity contribution in [1.29, 1.82) is 0 Å². The lowest BCUT2D eigenvalue weighted by atomic mass is 10.1. The lowest BCUT2D eigenvalue weighted by Crippen LogP contribution is -2.35. The third kappa shape index (κ3) is 4.35. The fourth-order valence-corrected chi connectivity index (χ4v) is 2.33. The van der Waals surface area contributed by atoms with Crippen molar-refractivity contribution in [2.45, 2.75) is 19.8 Å². The quantitative estimate of drug-likeness (QED) is 0.809. The first-order valence-electron chi connectivity index (χ1n) is 7.03. The van der Waals surface area contributed by atoms with Crippen LogP contribution in [-0.4, -0.2) is 42.9 Å². The van der Waals surface area contributed by atoms with Crippen molar-refractivity contribution in [3.05, 3.63) is 29.8 Å². The summed E-state index contributed by atoms with van der Waals surface area (Å²) >= 11 is 0. The summed E-state index contributed by atoms with van der Waals surface area (Å²) in [5.41, 5.74) is 1.23. The van der Waals surface area contributed by atoms with Gasteiger partial charge in [0.05, 0.1) is 0 Å². The molecule has 0 aromatic heterocycles. The number of amides is 2. The van der Waals surface area contributed by atoms with Crippen LogP contribution in [0.25, 0.3) is 0 Å². The van der Waals surface area contributed by atoms with Gasteiger partial charge in [0.2, 0.25) is 0 Å². The number of carbonyl (C=O) groups excluding carboxylic acids is 2. The number of nitrogens with zero attached hydrogens (tertiary/aromatic N) is 1. The molecule has 0 atom stereocenters. The van der Waals surface area contributed by atoms with Crippen LogP contribution >= 0.6 is 0 Å². The maximum atomic E-state index is 11.7. The fraction of sp³-hybridized carbons (Fsp3) is 0.467. The molecule has 1 saturated heterocycles. The second kappa shape index (κ2) is 7.05. The van der Waals surface area contributed by atoms with Gasteiger partial charge < -0.3 is 15.5 Å². The molecule has 0 saturated carbocycles. The van der Waals surface area contributed by atoms with Crippen LogP contribution in [-0.2, 0) is 0 Å². The Morgan fingerprint density at radius 3 is 2.70 bits per heavy atom. The molecular weight excluding hydrogens is 254 g/mol. The van der Waals surface area contributed by atoms with E-state index in [4.69, 9.17) is 0 Å². The summed E-state index contributed by atoms with van der Waals surface area (Å²) in [6.07, 6.45) is 2.51. The molecule has 0 unspecified atom stereocenters. The van der Waals surface area contributed by atoms with Crippen molar-refractivity contribution in [1.82, 2.24) is 10.2 Å². The fourth-order valence-electron chi connectivity index (χ4n) is 2.33. The van der Waals surface area contributed by atoms with Crippen molar-refractivity contribution >= 4 is 17.5 Å². The number of benzene rings is 1. The van der Waals surface area contributed by atoms with Gasteiger partial charge in [0.25, 0.3) is 0 Å². The van der Waals surface area contributed by atoms with Crippen LogP contribution in [0.4, 0.5) is 10.5 Å². The Balaban J connectivity index is 1.76. The summed E-state index contributed by atoms with van der Waals surface area (Å²) in [6.45, 7) is 5.29. The summed E-state index contributed by atoms with van der Waals surface area (Å²) in [4.78, 5) is 25.4. The van der Waals surface area contributed by atoms with E-state index in [-0.39, 0.29) is 11.8 Å². The number of Topliss-reactive ketones (excluding diaryl/α,β-unsaturated/α-hetero) is 1. The molecule has 5 nitrogen and oxygen atoms in total. The molecule has 0 radical (unpaired) electrons. The van der Waals surface area contributed by atoms with Crippen molar-refractivity contribution in [2.75, 3.05) is 31.5 Å². The van der Waals surface area contributed by atoms with Gasteiger partial charge in [-0.3, -0.25) is 4.79 Å². The number of ketones is 1. The molecule has 1 aliphatic rings. The Bertz CT molecular complexity index is 482. The predicted molar refractivity (Wildman–Crippen MR) is 79.1 cm³/mol. The third-order valence-electron chi connectivity index (χ3n) is 3.44. The lowest BCUT2D eigenvalue weighted by molar-refractivity contribution is 0.101. The molecule has 20 heavy (non-hydrogen) atoms. The Morgan fingerprint density at radius 2 is 2.00 bits per heavy atom. The monoisotopic (exact) mass is 275 g/mol. The molecule has 2 N–H and O–H groups in total. The summed E-state index contributed by atoms with van der Waals surface area (Å²) in [5, 5.41) is 5.57. The number of carbonyl (C=O) groups is 2. The molecule has 1 fully saturated rings. The van der Waals surface area contributed by atoms with Crippen LogP contribution in [0.3, 0.4) is 0 Å². The highest BCUT2D eigenvalue weighted by molar-refractivity contribution is 5.96. The summed E-state index contributed by atoms with van der Waals surface area (Å²) in [5.74, 6) is -0.0110. The average molecular weight is 275 g/mol. The molecule has 2 rings (SSSR count). The van der Waals surface area contributed by atoms with E-state index in [0.29, 0.717) is 17.8 Å². The largest absolute Gasteiger partial charge is 0.337 e. The van der Waals surface area contributed by atoms with Crippen molar-refractivity contribution < 1.29 is 9.59 Å². The van der Waals surface area contributed by atoms with Gasteiger partial charge in [0.15, 0.2) is 5.78 Å². The Kier molecular flexibility index (Phi) is 5.12. The normalized spacial score (nSPS) is 15.1. The van der Waals surface area contributed by atoms with Gasteiger partial charge >= 0.3 is 6.03 Å². The van der Waals surface area contributed by atoms with Gasteiger partial charge in [-0.05, 0) is 45.0 Å². The molecule has 1 heterocycles. The number of likely N-dealkylation sites (tertiary alicyclic amines) is 1. The van der Waals surface area contributed by atoms with E-state index in [1.807, 2.05) is 0 Å². The van der Waals surface area contributed by atoms with E-state index in [9.17, 15) is 9.59 Å². The second-order valence-corrected chi connectivity index (χ2v) is 5.07. The first-order valence-corrected chi connectivity index (χ1v) is 7.03. The average Bonchev–Trinajstić information content (AvgIpc) is 2.92. The number of hydrogen-bond acceptors (Lipinski definition) is 3. The zero-order valence-corrected chi connectivity index (χ0v) is 11.8. The molecule has 1 aliphatic heterocycles. The first-order chi connectivity index (χ1) is 9.65. The van der Waals surface area contributed by atoms with Crippen molar-refractivity contribution in [2.24, 2.45) is 0 Å². The number of nitrogens with one attached hydrogen (secondary N) is 2. The zero-order valence-electron chi connectivity index (χ0n) is 11.8. The van der Waals surface area contributed by atoms with Crippen molar-refractivity contribution in [3.63, 3.8) is 0 Å². The molecule has 1 aromatic carbocycles. The molecular formula is C15H21N3O2. The first kappa shape index (κ1) is 14.5. The van der Waals surface area contributed by atoms with Crippen LogP contribution in [0, 0.1) is 0 Å². The topological polar surface area (TPSA) is 61.4 Å². The van der Waals surface area contributed by atoms with E-state index in [2.05, 4.69) is 15.5 Å². The van der Waals surface area contributed by atoms with Gasteiger partial charge in [-0.15, -0.1) is 0 Å². The minimum Gasteiger partial charge on any atom is -0.337 e. The van der Waals surface area contributed by atoms with Crippen LogP contribution in [0.2, 0.25) is 0 Å². The summed E-state index contributed by atoms with van der Waals surface area (Å²) in [7, 11) is 0. The van der Waals surface area contributed by atoms with Gasteiger partial charge in [0, 0.05) is 24.3 Å². The third-order valence-corrected chi connectivity index (χ3v) is 3.44. The second-order valence-electron chi connectivity index (χ2n) is 5.07. The maximum absolute atomic E-state index is 11.7. The zero-order chi connectivity index (χ0) is 14.4. The highest BCUT2D eigenvalue weighted by Gasteiger charge is 2.11. The van der Waals surface area contributed by atoms with Gasteiger partial charge in [-0.25, -0.2) is 4.79 Å². The Hall–Kier alpha value is -1.88. The molecule has 0 spiro atoms. The Morgan fingerprint density at radius 1 is 1.25 bits per heavy atom. The number of hydrogen-bond donors (Lipinski definition) is 2. The summed E-state index contributed by atoms with van der Waals surface area (Å²) in [6, 6.07) is 6.72. The van der Waals surface area contributed by atoms with Crippen LogP contribution in [0.1, 0.15) is 30.1 Å². The molecule has 2 amide bonds. The van der Waals surface area contributed by atoms with Gasteiger partial charge in [0.1, 0.15) is 0 Å². The van der Waals surface area contributed by atoms with E-state index >= 15 is 0 Å². The highest BCUT2D eigenvalue weighted by atomic mass is 16.2. The minimum atomic E-state index is -0.232. The summed E-state index contributed by atoms with van der Waals surface area (Å²) < 4.78 is 0. The van der Waals surface area contributed by atoms with E-state index in [1.54, 1.807) is 24.3 Å². The standard InChI is InChI=1S/C15H21N3O2/c1-12(19)13-5-4-6-14(11-13)17-15(20)16-7-10-18-8-2-3-9-18/h4-6,11H,2-3,7-10H2,1H3,(H2,16,17,20). The smallest absolute Gasteiger partial charge is 0.319 e. The number of anilines is 1. The number of urea groups is 1. The van der Waals surface area contributed by atoms with Crippen LogP contribution in [0.5, 0.6) is 0 Å². The molecule has 0 aliphatic carbocycles. The predicted octanol–water partition coefficient (Wildman–Crippen LogP) is 2.11. The molecule has 0 bridgehead atoms. The molecule has 5 heteroatoms. The van der Waals surface area contributed by atoms with Crippen LogP contribution < -0.4 is 10.6 Å². The highest BCUT2D eigenvalue weighted by Crippen LogP contribution is 2.11. The van der Waals surface area contributed by atoms with Crippen molar-refractivity contribution in [3.8, 4) is 0 Å². The molecule has 108 valence electrons. The number of rotatable bonds is 5. The molecule has 1 aromatic rings. The van der Waals surface area contributed by atoms with Crippen LogP contribution in [0.15, 0.2) is 24.3 Å². The van der Waals surface area contributed by atoms with Gasteiger partial charge in [-0.2, -0.15) is 0 Å². The maximum Gasteiger partial charge on any atom is 0.319 e. The minimum absolute atomic E-state index is 0.0110. The van der Waals surface area contributed by atoms with E-state index in [1.165, 1.54) is 19.8 Å². The van der Waals surface area contributed by atoms with E-state index in [0.717, 1.165) is 19.6 Å². The SMILES string of the molecule is CC(=O)c1cccc(NC(=O)NCCN2CCCC2)c1. The Labute approximate surface area is 119 Å².